The topological polar surface area (TPSA) is 84.1 Å². The Morgan fingerprint density at radius 1 is 1.10 bits per heavy atom. The molecule has 2 amide bonds. The van der Waals surface area contributed by atoms with E-state index >= 15 is 0 Å². The van der Waals surface area contributed by atoms with Crippen molar-refractivity contribution in [3.05, 3.63) is 83.8 Å². The van der Waals surface area contributed by atoms with E-state index in [0.29, 0.717) is 50.7 Å². The van der Waals surface area contributed by atoms with Gasteiger partial charge in [0.05, 0.1) is 19.2 Å². The van der Waals surface area contributed by atoms with Crippen molar-refractivity contribution in [3.8, 4) is 0 Å². The molecule has 2 aliphatic rings. The first-order valence-corrected chi connectivity index (χ1v) is 14.3. The molecule has 212 valence electrons. The van der Waals surface area contributed by atoms with Gasteiger partial charge in [-0.05, 0) is 30.5 Å². The minimum atomic E-state index is -0.0986. The van der Waals surface area contributed by atoms with Crippen LogP contribution in [-0.2, 0) is 22.6 Å². The van der Waals surface area contributed by atoms with Crippen LogP contribution in [0.1, 0.15) is 53.8 Å². The molecule has 0 radical (unpaired) electrons. The van der Waals surface area contributed by atoms with Crippen LogP contribution < -0.4 is 0 Å². The number of amides is 2. The van der Waals surface area contributed by atoms with Crippen molar-refractivity contribution >= 4 is 17.9 Å². The molecule has 0 aliphatic carbocycles. The van der Waals surface area contributed by atoms with E-state index < -0.39 is 0 Å². The van der Waals surface area contributed by atoms with Gasteiger partial charge in [0.2, 0.25) is 11.8 Å². The monoisotopic (exact) mass is 545 g/mol. The summed E-state index contributed by atoms with van der Waals surface area (Å²) < 4.78 is 13.5. The van der Waals surface area contributed by atoms with Gasteiger partial charge < -0.3 is 23.5 Å². The first-order valence-electron chi connectivity index (χ1n) is 14.3. The number of nitrogens with zero attached hydrogens (tertiary/aromatic N) is 5. The zero-order valence-corrected chi connectivity index (χ0v) is 23.3. The highest BCUT2D eigenvalue weighted by Gasteiger charge is 2.25. The van der Waals surface area contributed by atoms with Gasteiger partial charge in [-0.1, -0.05) is 49.4 Å². The molecule has 1 unspecified atom stereocenters. The molecule has 0 saturated carbocycles. The number of ether oxygens (including phenoxy) is 1. The second-order valence-electron chi connectivity index (χ2n) is 10.4. The Morgan fingerprint density at radius 3 is 2.67 bits per heavy atom. The van der Waals surface area contributed by atoms with Gasteiger partial charge >= 0.3 is 0 Å². The van der Waals surface area contributed by atoms with Gasteiger partial charge in [0.15, 0.2) is 5.69 Å². The lowest BCUT2D eigenvalue weighted by Crippen LogP contribution is -2.48. The van der Waals surface area contributed by atoms with Crippen LogP contribution in [0.4, 0.5) is 0 Å². The molecule has 5 rings (SSSR count). The summed E-state index contributed by atoms with van der Waals surface area (Å²) in [5.74, 6) is 0.482. The molecule has 1 atom stereocenters. The number of benzene rings is 1. The average Bonchev–Trinajstić information content (AvgIpc) is 3.77. The number of piperazine rings is 1. The summed E-state index contributed by atoms with van der Waals surface area (Å²) in [5.41, 5.74) is 2.52. The lowest BCUT2D eigenvalue weighted by molar-refractivity contribution is -0.133. The first kappa shape index (κ1) is 27.9. The van der Waals surface area contributed by atoms with Crippen molar-refractivity contribution in [1.82, 2.24) is 24.3 Å². The number of hydrogen-bond donors (Lipinski definition) is 0. The molecule has 2 aliphatic heterocycles. The first-order chi connectivity index (χ1) is 19.6. The summed E-state index contributed by atoms with van der Waals surface area (Å²) >= 11 is 0. The van der Waals surface area contributed by atoms with Crippen molar-refractivity contribution in [2.75, 3.05) is 45.9 Å². The molecule has 9 nitrogen and oxygen atoms in total. The zero-order valence-electron chi connectivity index (χ0n) is 23.3. The summed E-state index contributed by atoms with van der Waals surface area (Å²) in [6, 6.07) is 14.2. The van der Waals surface area contributed by atoms with E-state index in [9.17, 15) is 9.59 Å². The fraction of sp³-hybridized carbons (Fsp3) is 0.452. The van der Waals surface area contributed by atoms with Crippen LogP contribution in [-0.4, -0.2) is 88.0 Å². The lowest BCUT2D eigenvalue weighted by Gasteiger charge is -2.33. The molecule has 40 heavy (non-hydrogen) atoms. The summed E-state index contributed by atoms with van der Waals surface area (Å²) in [6.07, 6.45) is 10.3. The highest BCUT2D eigenvalue weighted by atomic mass is 16.5. The molecule has 1 aromatic carbocycles. The van der Waals surface area contributed by atoms with Gasteiger partial charge in [-0.15, -0.1) is 0 Å². The van der Waals surface area contributed by atoms with Gasteiger partial charge in [0.1, 0.15) is 6.26 Å². The Morgan fingerprint density at radius 2 is 1.93 bits per heavy atom. The molecule has 9 heteroatoms. The standard InChI is InChI=1S/C31H39N5O4/c1-2-30(37)36(22-27-13-8-20-39-27)21-26-12-7-15-35(26)23-29-32-28(24-40-29)31(38)34-18-16-33(17-19-34)14-6-11-25-9-4-3-5-10-25/h3-7,9-12,15,24,27H,2,8,13-14,16-23H2,1H3. The normalized spacial score (nSPS) is 18.0. The summed E-state index contributed by atoms with van der Waals surface area (Å²) in [4.78, 5) is 36.3. The van der Waals surface area contributed by atoms with Gasteiger partial charge in [0.25, 0.3) is 5.91 Å². The molecule has 2 saturated heterocycles. The van der Waals surface area contributed by atoms with Crippen LogP contribution >= 0.6 is 0 Å². The van der Waals surface area contributed by atoms with E-state index in [1.807, 2.05) is 57.8 Å². The fourth-order valence-electron chi connectivity index (χ4n) is 5.28. The minimum absolute atomic E-state index is 0.0986. The number of aromatic nitrogens is 2. The molecule has 3 aromatic rings. The predicted octanol–water partition coefficient (Wildman–Crippen LogP) is 3.91. The Hall–Kier alpha value is -3.69. The third-order valence-electron chi connectivity index (χ3n) is 7.59. The minimum Gasteiger partial charge on any atom is -0.446 e. The van der Waals surface area contributed by atoms with E-state index in [0.717, 1.165) is 44.8 Å². The Bertz CT molecular complexity index is 1270. The van der Waals surface area contributed by atoms with E-state index in [1.165, 1.54) is 11.8 Å². The highest BCUT2D eigenvalue weighted by Crippen LogP contribution is 2.18. The molecule has 0 bridgehead atoms. The van der Waals surface area contributed by atoms with E-state index in [4.69, 9.17) is 9.15 Å². The van der Waals surface area contributed by atoms with Crippen molar-refractivity contribution < 1.29 is 18.7 Å². The summed E-state index contributed by atoms with van der Waals surface area (Å²) in [7, 11) is 0. The molecular formula is C31H39N5O4. The number of hydrogen-bond acceptors (Lipinski definition) is 6. The van der Waals surface area contributed by atoms with Crippen molar-refractivity contribution in [1.29, 1.82) is 0 Å². The third kappa shape index (κ3) is 7.28. The molecule has 2 fully saturated rings. The Labute approximate surface area is 236 Å². The van der Waals surface area contributed by atoms with E-state index in [2.05, 4.69) is 34.2 Å². The van der Waals surface area contributed by atoms with Crippen molar-refractivity contribution in [2.45, 2.75) is 45.4 Å². The average molecular weight is 546 g/mol. The van der Waals surface area contributed by atoms with E-state index in [-0.39, 0.29) is 17.9 Å². The number of carbonyl (C=O) groups is 2. The van der Waals surface area contributed by atoms with Crippen molar-refractivity contribution in [2.24, 2.45) is 0 Å². The van der Waals surface area contributed by atoms with Gasteiger partial charge in [-0.25, -0.2) is 4.98 Å². The molecule has 4 heterocycles. The maximum absolute atomic E-state index is 13.1. The zero-order chi connectivity index (χ0) is 27.7. The summed E-state index contributed by atoms with van der Waals surface area (Å²) in [5, 5.41) is 0. The van der Waals surface area contributed by atoms with Crippen LogP contribution in [0.25, 0.3) is 6.08 Å². The van der Waals surface area contributed by atoms with Crippen LogP contribution in [0, 0.1) is 0 Å². The van der Waals surface area contributed by atoms with Crippen LogP contribution in [0.3, 0.4) is 0 Å². The molecular weight excluding hydrogens is 506 g/mol. The Balaban J connectivity index is 1.13. The highest BCUT2D eigenvalue weighted by molar-refractivity contribution is 5.92. The predicted molar refractivity (Wildman–Crippen MR) is 153 cm³/mol. The number of oxazole rings is 1. The van der Waals surface area contributed by atoms with E-state index in [1.54, 1.807) is 0 Å². The largest absolute Gasteiger partial charge is 0.446 e. The smallest absolute Gasteiger partial charge is 0.275 e. The van der Waals surface area contributed by atoms with Gasteiger partial charge in [-0.3, -0.25) is 14.5 Å². The maximum atomic E-state index is 13.1. The lowest BCUT2D eigenvalue weighted by atomic mass is 10.2. The second-order valence-corrected chi connectivity index (χ2v) is 10.4. The van der Waals surface area contributed by atoms with Crippen molar-refractivity contribution in [3.63, 3.8) is 0 Å². The molecule has 2 aromatic heterocycles. The fourth-order valence-corrected chi connectivity index (χ4v) is 5.28. The van der Waals surface area contributed by atoms with Crippen LogP contribution in [0.5, 0.6) is 0 Å². The van der Waals surface area contributed by atoms with Crippen LogP contribution in [0.2, 0.25) is 0 Å². The Kier molecular flexibility index (Phi) is 9.46. The van der Waals surface area contributed by atoms with Crippen LogP contribution in [0.15, 0.2) is 65.4 Å². The third-order valence-corrected chi connectivity index (χ3v) is 7.59. The molecule has 0 spiro atoms. The second kappa shape index (κ2) is 13.6. The quantitative estimate of drug-likeness (QED) is 0.363. The summed E-state index contributed by atoms with van der Waals surface area (Å²) in [6.45, 7) is 7.97. The molecule has 0 N–H and O–H groups in total. The van der Waals surface area contributed by atoms with Gasteiger partial charge in [0, 0.05) is 64.2 Å². The SMILES string of the molecule is CCC(=O)N(Cc1cccn1Cc1nc(C(=O)N2CCN(CC=Cc3ccccc3)CC2)co1)CC1CCCO1. The maximum Gasteiger partial charge on any atom is 0.275 e. The number of rotatable bonds is 11. The van der Waals surface area contributed by atoms with Gasteiger partial charge in [-0.2, -0.15) is 0 Å². The number of carbonyl (C=O) groups excluding carboxylic acids is 2.